The van der Waals surface area contributed by atoms with E-state index in [1.807, 2.05) is 51.7 Å². The molecule has 1 N–H and O–H groups in total. The lowest BCUT2D eigenvalue weighted by Gasteiger charge is -2.49. The first-order valence-corrected chi connectivity index (χ1v) is 15.3. The Morgan fingerprint density at radius 2 is 1.49 bits per heavy atom. The number of carbonyl (C=O) groups is 3. The van der Waals surface area contributed by atoms with Crippen molar-refractivity contribution in [2.45, 2.75) is 79.2 Å². The first-order chi connectivity index (χ1) is 21.2. The van der Waals surface area contributed by atoms with Crippen molar-refractivity contribution in [3.63, 3.8) is 0 Å². The fraction of sp³-hybridized carbons (Fsp3) is 0.457. The molecule has 0 aromatic heterocycles. The highest BCUT2D eigenvalue weighted by molar-refractivity contribution is 6.06. The summed E-state index contributed by atoms with van der Waals surface area (Å²) in [6, 6.07) is 11.6. The number of ketones is 2. The number of rotatable bonds is 10. The molecule has 5 rings (SSSR count). The minimum Gasteiger partial charge on any atom is -0.490 e. The molecule has 0 atom stereocenters. The average molecular weight is 617 g/mol. The number of aliphatic carboxylic acids is 1. The number of nitro groups is 1. The Hall–Kier alpha value is -4.47. The number of nitro benzene ring substituents is 1. The molecular formula is C35H40N2O8. The van der Waals surface area contributed by atoms with Gasteiger partial charge in [0.1, 0.15) is 6.61 Å². The molecule has 10 heteroatoms. The third-order valence-corrected chi connectivity index (χ3v) is 8.71. The van der Waals surface area contributed by atoms with Crippen molar-refractivity contribution >= 4 is 23.2 Å². The second kappa shape index (κ2) is 12.1. The van der Waals surface area contributed by atoms with E-state index in [4.69, 9.17) is 9.47 Å². The largest absolute Gasteiger partial charge is 0.490 e. The Morgan fingerprint density at radius 3 is 2.00 bits per heavy atom. The maximum Gasteiger partial charge on any atom is 0.305 e. The number of hydrogen-bond donors (Lipinski definition) is 1. The zero-order chi connectivity index (χ0) is 32.7. The summed E-state index contributed by atoms with van der Waals surface area (Å²) in [5, 5.41) is 20.6. The maximum atomic E-state index is 14.0. The monoisotopic (exact) mass is 616 g/mol. The molecule has 2 aromatic rings. The lowest BCUT2D eigenvalue weighted by atomic mass is 9.63. The summed E-state index contributed by atoms with van der Waals surface area (Å²) in [5.74, 6) is -0.685. The summed E-state index contributed by atoms with van der Waals surface area (Å²) in [7, 11) is 0. The van der Waals surface area contributed by atoms with Gasteiger partial charge in [0, 0.05) is 60.0 Å². The van der Waals surface area contributed by atoms with E-state index in [-0.39, 0.29) is 47.7 Å². The van der Waals surface area contributed by atoms with Gasteiger partial charge in [-0.1, -0.05) is 33.8 Å². The van der Waals surface area contributed by atoms with E-state index in [9.17, 15) is 29.6 Å². The molecule has 10 nitrogen and oxygen atoms in total. The van der Waals surface area contributed by atoms with Crippen molar-refractivity contribution in [1.82, 2.24) is 4.90 Å². The number of Topliss-reactive ketones (excluding diaryl/α,β-unsaturated/α-hetero) is 2. The molecule has 238 valence electrons. The van der Waals surface area contributed by atoms with Crippen LogP contribution < -0.4 is 9.47 Å². The summed E-state index contributed by atoms with van der Waals surface area (Å²) < 4.78 is 12.1. The van der Waals surface area contributed by atoms with Crippen molar-refractivity contribution in [1.29, 1.82) is 0 Å². The molecule has 0 amide bonds. The summed E-state index contributed by atoms with van der Waals surface area (Å²) in [4.78, 5) is 52.2. The van der Waals surface area contributed by atoms with Gasteiger partial charge in [-0.05, 0) is 66.0 Å². The molecule has 0 radical (unpaired) electrons. The molecule has 2 aliphatic carbocycles. The van der Waals surface area contributed by atoms with Crippen LogP contribution in [0.2, 0.25) is 0 Å². The van der Waals surface area contributed by atoms with E-state index in [0.29, 0.717) is 54.9 Å². The number of ether oxygens (including phenoxy) is 2. The normalized spacial score (nSPS) is 19.3. The van der Waals surface area contributed by atoms with Gasteiger partial charge in [0.2, 0.25) is 0 Å². The van der Waals surface area contributed by atoms with Crippen LogP contribution >= 0.6 is 0 Å². The van der Waals surface area contributed by atoms with Crippen molar-refractivity contribution in [3.05, 3.63) is 86.2 Å². The third kappa shape index (κ3) is 6.65. The van der Waals surface area contributed by atoms with Gasteiger partial charge in [-0.15, -0.1) is 0 Å². The summed E-state index contributed by atoms with van der Waals surface area (Å²) >= 11 is 0. The first kappa shape index (κ1) is 31.9. The van der Waals surface area contributed by atoms with Crippen LogP contribution in [0.5, 0.6) is 11.5 Å². The standard InChI is InChI=1S/C35H40N2O8/c1-6-44-29-15-22(9-12-28(29)45-20-21-7-10-23(11-8-21)37(42)43)31-32-24(16-34(2,3)18-26(32)38)36(14-13-30(40)41)25-17-35(4,5)19-27(39)33(25)31/h7-12,15,31H,6,13-14,16-20H2,1-5H3,(H,40,41). The third-order valence-electron chi connectivity index (χ3n) is 8.71. The van der Waals surface area contributed by atoms with E-state index in [2.05, 4.69) is 0 Å². The number of carboxylic acid groups (broad SMARTS) is 1. The number of carboxylic acids is 1. The van der Waals surface area contributed by atoms with Gasteiger partial charge in [-0.3, -0.25) is 24.5 Å². The smallest absolute Gasteiger partial charge is 0.305 e. The van der Waals surface area contributed by atoms with Crippen LogP contribution in [0.4, 0.5) is 5.69 Å². The molecule has 45 heavy (non-hydrogen) atoms. The topological polar surface area (TPSA) is 136 Å². The van der Waals surface area contributed by atoms with Crippen LogP contribution in [0.15, 0.2) is 65.0 Å². The number of nitrogens with zero attached hydrogens (tertiary/aromatic N) is 2. The van der Waals surface area contributed by atoms with Gasteiger partial charge in [0.25, 0.3) is 5.69 Å². The van der Waals surface area contributed by atoms with Crippen molar-refractivity contribution < 1.29 is 33.9 Å². The lowest BCUT2D eigenvalue weighted by Crippen LogP contribution is -2.45. The SMILES string of the molecule is CCOc1cc(C2C3=C(CC(C)(C)CC3=O)N(CCC(=O)O)C3=C2C(=O)CC(C)(C)C3)ccc1OCc1ccc([N+](=O)[O-])cc1. The minimum absolute atomic E-state index is 0.00393. The zero-order valence-electron chi connectivity index (χ0n) is 26.5. The highest BCUT2D eigenvalue weighted by Gasteiger charge is 2.49. The predicted octanol–water partition coefficient (Wildman–Crippen LogP) is 6.73. The molecule has 3 aliphatic rings. The number of hydrogen-bond acceptors (Lipinski definition) is 8. The Morgan fingerprint density at radius 1 is 0.911 bits per heavy atom. The van der Waals surface area contributed by atoms with Crippen LogP contribution in [-0.2, 0) is 21.0 Å². The summed E-state index contributed by atoms with van der Waals surface area (Å²) in [6.07, 6.45) is 1.71. The Balaban J connectivity index is 1.60. The number of benzene rings is 2. The van der Waals surface area contributed by atoms with Crippen LogP contribution in [0.25, 0.3) is 0 Å². The van der Waals surface area contributed by atoms with Gasteiger partial charge in [0.05, 0.1) is 18.0 Å². The highest BCUT2D eigenvalue weighted by Crippen LogP contribution is 2.55. The maximum absolute atomic E-state index is 14.0. The van der Waals surface area contributed by atoms with E-state index >= 15 is 0 Å². The Labute approximate surface area is 262 Å². The molecule has 0 saturated heterocycles. The minimum atomic E-state index is -0.935. The Bertz CT molecular complexity index is 1560. The fourth-order valence-corrected chi connectivity index (χ4v) is 6.83. The quantitative estimate of drug-likeness (QED) is 0.227. The molecule has 0 bridgehead atoms. The lowest BCUT2D eigenvalue weighted by molar-refractivity contribution is -0.384. The van der Waals surface area contributed by atoms with Crippen LogP contribution in [0.3, 0.4) is 0 Å². The van der Waals surface area contributed by atoms with E-state index in [1.165, 1.54) is 12.1 Å². The van der Waals surface area contributed by atoms with Gasteiger partial charge in [-0.25, -0.2) is 0 Å². The average Bonchev–Trinajstić information content (AvgIpc) is 2.94. The number of carbonyl (C=O) groups excluding carboxylic acids is 2. The first-order valence-electron chi connectivity index (χ1n) is 15.3. The van der Waals surface area contributed by atoms with E-state index in [1.54, 1.807) is 18.2 Å². The molecule has 0 fully saturated rings. The molecule has 0 unspecified atom stereocenters. The fourth-order valence-electron chi connectivity index (χ4n) is 6.83. The molecular weight excluding hydrogens is 576 g/mol. The summed E-state index contributed by atoms with van der Waals surface area (Å²) in [6.45, 7) is 10.7. The predicted molar refractivity (Wildman–Crippen MR) is 167 cm³/mol. The number of non-ortho nitro benzene ring substituents is 1. The van der Waals surface area contributed by atoms with Crippen molar-refractivity contribution in [3.8, 4) is 11.5 Å². The zero-order valence-corrected chi connectivity index (χ0v) is 26.5. The summed E-state index contributed by atoms with van der Waals surface area (Å²) in [5.41, 5.74) is 3.58. The van der Waals surface area contributed by atoms with Crippen LogP contribution in [0.1, 0.15) is 83.8 Å². The van der Waals surface area contributed by atoms with Gasteiger partial charge < -0.3 is 19.5 Å². The van der Waals surface area contributed by atoms with Crippen LogP contribution in [-0.4, -0.2) is 45.6 Å². The van der Waals surface area contributed by atoms with E-state index in [0.717, 1.165) is 22.5 Å². The second-order valence-electron chi connectivity index (χ2n) is 13.7. The molecule has 2 aromatic carbocycles. The Kier molecular flexibility index (Phi) is 8.62. The van der Waals surface area contributed by atoms with Gasteiger partial charge >= 0.3 is 5.97 Å². The van der Waals surface area contributed by atoms with Gasteiger partial charge in [0.15, 0.2) is 23.1 Å². The van der Waals surface area contributed by atoms with Crippen LogP contribution in [0, 0.1) is 20.9 Å². The second-order valence-corrected chi connectivity index (χ2v) is 13.7. The number of allylic oxidation sites excluding steroid dienone is 4. The molecule has 0 spiro atoms. The van der Waals surface area contributed by atoms with Gasteiger partial charge in [-0.2, -0.15) is 0 Å². The van der Waals surface area contributed by atoms with E-state index < -0.39 is 16.8 Å². The van der Waals surface area contributed by atoms with Crippen molar-refractivity contribution in [2.75, 3.05) is 13.2 Å². The molecule has 0 saturated carbocycles. The van der Waals surface area contributed by atoms with Crippen molar-refractivity contribution in [2.24, 2.45) is 10.8 Å². The molecule has 1 aliphatic heterocycles. The molecule has 1 heterocycles. The highest BCUT2D eigenvalue weighted by atomic mass is 16.6.